The fourth-order valence-electron chi connectivity index (χ4n) is 4.55. The van der Waals surface area contributed by atoms with E-state index >= 15 is 0 Å². The predicted molar refractivity (Wildman–Crippen MR) is 114 cm³/mol. The molecule has 2 aliphatic heterocycles. The minimum atomic E-state index is -0.428. The lowest BCUT2D eigenvalue weighted by Gasteiger charge is -2.33. The lowest BCUT2D eigenvalue weighted by atomic mass is 9.91. The number of fused-ring (bicyclic) bond motifs is 6. The maximum atomic E-state index is 13.8. The minimum absolute atomic E-state index is 0.0292. The summed E-state index contributed by atoms with van der Waals surface area (Å²) in [5.41, 5.74) is 1.62. The van der Waals surface area contributed by atoms with Crippen LogP contribution in [-0.4, -0.2) is 23.9 Å². The lowest BCUT2D eigenvalue weighted by molar-refractivity contribution is 0.0858. The Morgan fingerprint density at radius 1 is 1.13 bits per heavy atom. The highest BCUT2D eigenvalue weighted by Crippen LogP contribution is 2.46. The molecule has 0 fully saturated rings. The summed E-state index contributed by atoms with van der Waals surface area (Å²) >= 11 is 0. The van der Waals surface area contributed by atoms with Gasteiger partial charge in [0.05, 0.1) is 12.5 Å². The second-order valence-electron chi connectivity index (χ2n) is 9.23. The molecule has 158 valence electrons. The van der Waals surface area contributed by atoms with E-state index < -0.39 is 5.60 Å². The molecule has 1 unspecified atom stereocenters. The zero-order valence-corrected chi connectivity index (χ0v) is 17.9. The standard InChI is InChI=1S/C24H26O6/c1-11(2)15-8-13-19-17(10-18(27-5)22(13)29-15)28-16-9-14(25)12-6-7-24(3,4)30-23(12)20(16)21(19)26/h9-11,15,25H,6-8H2,1-5H3. The van der Waals surface area contributed by atoms with E-state index in [2.05, 4.69) is 13.8 Å². The van der Waals surface area contributed by atoms with Crippen LogP contribution in [0.1, 0.15) is 45.2 Å². The van der Waals surface area contributed by atoms with Crippen LogP contribution in [0.4, 0.5) is 0 Å². The van der Waals surface area contributed by atoms with Crippen molar-refractivity contribution in [3.05, 3.63) is 33.5 Å². The largest absolute Gasteiger partial charge is 0.507 e. The highest BCUT2D eigenvalue weighted by Gasteiger charge is 2.35. The molecule has 3 aromatic rings. The van der Waals surface area contributed by atoms with Crippen LogP contribution >= 0.6 is 0 Å². The molecule has 2 aromatic carbocycles. The van der Waals surface area contributed by atoms with Gasteiger partial charge in [-0.05, 0) is 32.6 Å². The maximum Gasteiger partial charge on any atom is 0.204 e. The first-order valence-electron chi connectivity index (χ1n) is 10.4. The number of methoxy groups -OCH3 is 1. The summed E-state index contributed by atoms with van der Waals surface area (Å²) in [7, 11) is 1.57. The third kappa shape index (κ3) is 2.66. The molecule has 6 nitrogen and oxygen atoms in total. The molecule has 0 radical (unpaired) electrons. The number of benzene rings is 2. The van der Waals surface area contributed by atoms with Crippen LogP contribution in [0.25, 0.3) is 21.9 Å². The van der Waals surface area contributed by atoms with Crippen molar-refractivity contribution in [1.29, 1.82) is 0 Å². The summed E-state index contributed by atoms with van der Waals surface area (Å²) in [4.78, 5) is 13.8. The molecule has 2 aliphatic rings. The van der Waals surface area contributed by atoms with Crippen molar-refractivity contribution >= 4 is 21.9 Å². The molecule has 0 spiro atoms. The Bertz CT molecular complexity index is 1250. The third-order valence-corrected chi connectivity index (χ3v) is 6.30. The van der Waals surface area contributed by atoms with Crippen LogP contribution in [0.15, 0.2) is 21.3 Å². The summed E-state index contributed by atoms with van der Waals surface area (Å²) in [6.07, 6.45) is 1.98. The van der Waals surface area contributed by atoms with Gasteiger partial charge >= 0.3 is 0 Å². The van der Waals surface area contributed by atoms with Gasteiger partial charge in [-0.3, -0.25) is 4.79 Å². The predicted octanol–water partition coefficient (Wildman–Crippen LogP) is 4.72. The van der Waals surface area contributed by atoms with Crippen molar-refractivity contribution in [3.8, 4) is 23.0 Å². The lowest BCUT2D eigenvalue weighted by Crippen LogP contribution is -2.33. The van der Waals surface area contributed by atoms with Crippen LogP contribution < -0.4 is 19.6 Å². The van der Waals surface area contributed by atoms with E-state index in [9.17, 15) is 9.90 Å². The maximum absolute atomic E-state index is 13.8. The van der Waals surface area contributed by atoms with Crippen molar-refractivity contribution in [2.24, 2.45) is 5.92 Å². The average molecular weight is 410 g/mol. The molecule has 1 N–H and O–H groups in total. The second-order valence-corrected chi connectivity index (χ2v) is 9.23. The topological polar surface area (TPSA) is 78.1 Å². The monoisotopic (exact) mass is 410 g/mol. The Hall–Kier alpha value is -2.89. The molecule has 3 heterocycles. The van der Waals surface area contributed by atoms with Crippen molar-refractivity contribution < 1.29 is 23.7 Å². The van der Waals surface area contributed by atoms with Crippen LogP contribution in [-0.2, 0) is 12.8 Å². The van der Waals surface area contributed by atoms with Crippen LogP contribution in [0, 0.1) is 5.92 Å². The molecule has 0 bridgehead atoms. The Kier molecular flexibility index (Phi) is 4.01. The zero-order chi connectivity index (χ0) is 21.4. The second kappa shape index (κ2) is 6.30. The van der Waals surface area contributed by atoms with E-state index in [0.717, 1.165) is 12.0 Å². The summed E-state index contributed by atoms with van der Waals surface area (Å²) in [6.45, 7) is 8.16. The SMILES string of the molecule is COc1cc2oc3cc(O)c4c(c3c(=O)c2c2c1OC(C(C)C)C2)OC(C)(C)CC4. The Labute approximate surface area is 174 Å². The van der Waals surface area contributed by atoms with Crippen molar-refractivity contribution in [2.45, 2.75) is 58.7 Å². The molecule has 1 aromatic heterocycles. The van der Waals surface area contributed by atoms with Crippen molar-refractivity contribution in [3.63, 3.8) is 0 Å². The molecule has 0 aliphatic carbocycles. The molecule has 5 rings (SSSR count). The number of aromatic hydroxyl groups is 1. The fourth-order valence-corrected chi connectivity index (χ4v) is 4.55. The first kappa shape index (κ1) is 19.1. The van der Waals surface area contributed by atoms with E-state index in [1.54, 1.807) is 13.2 Å². The first-order valence-corrected chi connectivity index (χ1v) is 10.4. The Balaban J connectivity index is 1.87. The van der Waals surface area contributed by atoms with Gasteiger partial charge in [0.25, 0.3) is 0 Å². The van der Waals surface area contributed by atoms with E-state index in [1.165, 1.54) is 6.07 Å². The molecule has 0 saturated heterocycles. The van der Waals surface area contributed by atoms with E-state index in [-0.39, 0.29) is 17.3 Å². The third-order valence-electron chi connectivity index (χ3n) is 6.30. The van der Waals surface area contributed by atoms with Gasteiger partial charge in [0.15, 0.2) is 11.5 Å². The van der Waals surface area contributed by atoms with Gasteiger partial charge in [0, 0.05) is 29.7 Å². The van der Waals surface area contributed by atoms with Gasteiger partial charge in [-0.2, -0.15) is 0 Å². The van der Waals surface area contributed by atoms with Gasteiger partial charge < -0.3 is 23.7 Å². The highest BCUT2D eigenvalue weighted by molar-refractivity contribution is 5.98. The Morgan fingerprint density at radius 3 is 2.57 bits per heavy atom. The summed E-state index contributed by atoms with van der Waals surface area (Å²) < 4.78 is 24.0. The van der Waals surface area contributed by atoms with E-state index in [0.29, 0.717) is 63.5 Å². The van der Waals surface area contributed by atoms with E-state index in [1.807, 2.05) is 13.8 Å². The molecule has 6 heteroatoms. The summed E-state index contributed by atoms with van der Waals surface area (Å²) in [5, 5.41) is 11.4. The van der Waals surface area contributed by atoms with Gasteiger partial charge in [-0.15, -0.1) is 0 Å². The normalized spacial score (nSPS) is 19.5. The number of ether oxygens (including phenoxy) is 3. The van der Waals surface area contributed by atoms with Gasteiger partial charge in [0.1, 0.15) is 39.8 Å². The fraction of sp³-hybridized carbons (Fsp3) is 0.458. The van der Waals surface area contributed by atoms with Crippen molar-refractivity contribution in [2.75, 3.05) is 7.11 Å². The first-order chi connectivity index (χ1) is 14.2. The summed E-state index contributed by atoms with van der Waals surface area (Å²) in [6, 6.07) is 3.21. The van der Waals surface area contributed by atoms with Crippen molar-refractivity contribution in [1.82, 2.24) is 0 Å². The Morgan fingerprint density at radius 2 is 1.87 bits per heavy atom. The highest BCUT2D eigenvalue weighted by atomic mass is 16.5. The molecule has 0 amide bonds. The van der Waals surface area contributed by atoms with Gasteiger partial charge in [-0.25, -0.2) is 0 Å². The molecule has 1 atom stereocenters. The number of hydrogen-bond donors (Lipinski definition) is 1. The van der Waals surface area contributed by atoms with Crippen LogP contribution in [0.2, 0.25) is 0 Å². The quantitative estimate of drug-likeness (QED) is 0.616. The number of phenols is 1. The average Bonchev–Trinajstić information content (AvgIpc) is 3.11. The van der Waals surface area contributed by atoms with Gasteiger partial charge in [-0.1, -0.05) is 13.8 Å². The zero-order valence-electron chi connectivity index (χ0n) is 17.9. The molecule has 0 saturated carbocycles. The molecular formula is C24H26O6. The minimum Gasteiger partial charge on any atom is -0.507 e. The molecule has 30 heavy (non-hydrogen) atoms. The van der Waals surface area contributed by atoms with Crippen LogP contribution in [0.3, 0.4) is 0 Å². The molecular weight excluding hydrogens is 384 g/mol. The number of hydrogen-bond acceptors (Lipinski definition) is 6. The summed E-state index contributed by atoms with van der Waals surface area (Å²) in [5.74, 6) is 1.97. The number of phenolic OH excluding ortho intramolecular Hbond substituents is 1. The van der Waals surface area contributed by atoms with Crippen LogP contribution in [0.5, 0.6) is 23.0 Å². The number of rotatable bonds is 2. The van der Waals surface area contributed by atoms with E-state index in [4.69, 9.17) is 18.6 Å². The smallest absolute Gasteiger partial charge is 0.204 e. The van der Waals surface area contributed by atoms with Gasteiger partial charge in [0.2, 0.25) is 5.43 Å².